The zero-order chi connectivity index (χ0) is 12.7. The summed E-state index contributed by atoms with van der Waals surface area (Å²) >= 11 is 9.07. The number of benzene rings is 1. The summed E-state index contributed by atoms with van der Waals surface area (Å²) in [6.45, 7) is 0. The first-order chi connectivity index (χ1) is 8.65. The van der Waals surface area contributed by atoms with Gasteiger partial charge in [-0.2, -0.15) is 5.10 Å². The number of rotatable bonds is 2. The van der Waals surface area contributed by atoms with Crippen LogP contribution < -0.4 is 5.43 Å². The predicted molar refractivity (Wildman–Crippen MR) is 74.5 cm³/mol. The highest BCUT2D eigenvalue weighted by atomic mass is 79.9. The summed E-state index contributed by atoms with van der Waals surface area (Å²) in [7, 11) is 0. The van der Waals surface area contributed by atoms with Gasteiger partial charge in [-0.3, -0.25) is 4.79 Å². The van der Waals surface area contributed by atoms with Gasteiger partial charge in [-0.1, -0.05) is 11.6 Å². The van der Waals surface area contributed by atoms with Crippen LogP contribution in [0.4, 0.5) is 0 Å². The first kappa shape index (κ1) is 11.9. The first-order valence-corrected chi connectivity index (χ1v) is 6.88. The van der Waals surface area contributed by atoms with Gasteiger partial charge in [0.05, 0.1) is 5.69 Å². The Hall–Kier alpha value is -1.13. The van der Waals surface area contributed by atoms with Crippen LogP contribution in [-0.4, -0.2) is 9.78 Å². The molecule has 0 amide bonds. The van der Waals surface area contributed by atoms with Crippen molar-refractivity contribution in [2.45, 2.75) is 18.8 Å². The van der Waals surface area contributed by atoms with Gasteiger partial charge < -0.3 is 0 Å². The van der Waals surface area contributed by atoms with E-state index in [2.05, 4.69) is 21.0 Å². The number of halogens is 2. The maximum absolute atomic E-state index is 11.7. The molecule has 3 nitrogen and oxygen atoms in total. The second-order valence-corrected chi connectivity index (χ2v) is 5.57. The fourth-order valence-corrected chi connectivity index (χ4v) is 2.31. The van der Waals surface area contributed by atoms with Crippen LogP contribution in [0.15, 0.2) is 39.7 Å². The van der Waals surface area contributed by atoms with Crippen LogP contribution in [0, 0.1) is 0 Å². The lowest BCUT2D eigenvalue weighted by Gasteiger charge is -2.11. The van der Waals surface area contributed by atoms with Crippen molar-refractivity contribution < 1.29 is 0 Å². The van der Waals surface area contributed by atoms with E-state index >= 15 is 0 Å². The summed E-state index contributed by atoms with van der Waals surface area (Å²) in [4.78, 5) is 11.7. The van der Waals surface area contributed by atoms with E-state index in [4.69, 9.17) is 11.6 Å². The van der Waals surface area contributed by atoms with Gasteiger partial charge in [-0.15, -0.1) is 0 Å². The van der Waals surface area contributed by atoms with Gasteiger partial charge in [0.1, 0.15) is 0 Å². The van der Waals surface area contributed by atoms with Gasteiger partial charge in [-0.05, 0) is 53.0 Å². The van der Waals surface area contributed by atoms with Crippen molar-refractivity contribution in [3.05, 3.63) is 55.9 Å². The third-order valence-corrected chi connectivity index (χ3v) is 3.78. The van der Waals surface area contributed by atoms with Crippen molar-refractivity contribution in [2.75, 3.05) is 0 Å². The minimum atomic E-state index is -0.0675. The average molecular weight is 326 g/mol. The molecule has 3 rings (SSSR count). The van der Waals surface area contributed by atoms with Crippen LogP contribution in [0.25, 0.3) is 5.69 Å². The Morgan fingerprint density at radius 3 is 2.56 bits per heavy atom. The molecule has 5 heteroatoms. The summed E-state index contributed by atoms with van der Waals surface area (Å²) in [6, 6.07) is 9.11. The molecule has 1 saturated carbocycles. The lowest BCUT2D eigenvalue weighted by Crippen LogP contribution is -2.15. The van der Waals surface area contributed by atoms with Gasteiger partial charge in [-0.25, -0.2) is 4.68 Å². The lowest BCUT2D eigenvalue weighted by atomic mass is 10.2. The molecule has 2 aromatic rings. The van der Waals surface area contributed by atoms with Crippen molar-refractivity contribution in [1.82, 2.24) is 9.78 Å². The monoisotopic (exact) mass is 324 g/mol. The Kier molecular flexibility index (Phi) is 2.99. The molecular weight excluding hydrogens is 316 g/mol. The standard InChI is InChI=1S/C13H10BrClN2O/c14-13-12(18)7-11(8-1-2-8)17(16-13)10-5-3-9(15)4-6-10/h3-8H,1-2H2. The van der Waals surface area contributed by atoms with Gasteiger partial charge in [0.25, 0.3) is 0 Å². The third-order valence-electron chi connectivity index (χ3n) is 2.98. The van der Waals surface area contributed by atoms with Gasteiger partial charge in [0, 0.05) is 22.7 Å². The SMILES string of the molecule is O=c1cc(C2CC2)n(-c2ccc(Cl)cc2)nc1Br. The molecule has 0 atom stereocenters. The van der Waals surface area contributed by atoms with Crippen LogP contribution in [-0.2, 0) is 0 Å². The second kappa shape index (κ2) is 4.52. The highest BCUT2D eigenvalue weighted by molar-refractivity contribution is 9.10. The Morgan fingerprint density at radius 2 is 1.94 bits per heavy atom. The van der Waals surface area contributed by atoms with E-state index in [0.29, 0.717) is 15.5 Å². The minimum absolute atomic E-state index is 0.0675. The van der Waals surface area contributed by atoms with Crippen LogP contribution in [0.3, 0.4) is 0 Å². The fraction of sp³-hybridized carbons (Fsp3) is 0.231. The predicted octanol–water partition coefficient (Wildman–Crippen LogP) is 3.53. The molecule has 0 N–H and O–H groups in total. The fourth-order valence-electron chi connectivity index (χ4n) is 1.91. The maximum Gasteiger partial charge on any atom is 0.214 e. The molecule has 92 valence electrons. The molecule has 1 fully saturated rings. The van der Waals surface area contributed by atoms with E-state index in [1.165, 1.54) is 0 Å². The molecular formula is C13H10BrClN2O. The van der Waals surface area contributed by atoms with Crippen LogP contribution in [0.5, 0.6) is 0 Å². The van der Waals surface area contributed by atoms with Crippen molar-refractivity contribution in [3.8, 4) is 5.69 Å². The number of nitrogens with zero attached hydrogens (tertiary/aromatic N) is 2. The molecule has 1 aliphatic rings. The van der Waals surface area contributed by atoms with E-state index in [-0.39, 0.29) is 5.43 Å². The van der Waals surface area contributed by atoms with Crippen molar-refractivity contribution >= 4 is 27.5 Å². The molecule has 1 aromatic carbocycles. The molecule has 0 unspecified atom stereocenters. The second-order valence-electron chi connectivity index (χ2n) is 4.39. The number of aromatic nitrogens is 2. The van der Waals surface area contributed by atoms with Crippen LogP contribution >= 0.6 is 27.5 Å². The highest BCUT2D eigenvalue weighted by Crippen LogP contribution is 2.40. The molecule has 1 heterocycles. The molecule has 0 spiro atoms. The van der Waals surface area contributed by atoms with Crippen molar-refractivity contribution in [1.29, 1.82) is 0 Å². The zero-order valence-corrected chi connectivity index (χ0v) is 11.8. The summed E-state index contributed by atoms with van der Waals surface area (Å²) in [5.74, 6) is 0.453. The summed E-state index contributed by atoms with van der Waals surface area (Å²) in [6.07, 6.45) is 2.24. The van der Waals surface area contributed by atoms with Crippen molar-refractivity contribution in [2.24, 2.45) is 0 Å². The largest absolute Gasteiger partial charge is 0.287 e. The third kappa shape index (κ3) is 2.22. The zero-order valence-electron chi connectivity index (χ0n) is 9.44. The van der Waals surface area contributed by atoms with Gasteiger partial charge in [0.2, 0.25) is 5.43 Å². The summed E-state index contributed by atoms with van der Waals surface area (Å²) in [5.41, 5.74) is 1.83. The smallest absolute Gasteiger partial charge is 0.214 e. The van der Waals surface area contributed by atoms with Gasteiger partial charge in [0.15, 0.2) is 4.60 Å². The van der Waals surface area contributed by atoms with E-state index in [1.807, 2.05) is 28.9 Å². The number of hydrogen-bond acceptors (Lipinski definition) is 2. The molecule has 1 aliphatic carbocycles. The normalized spacial score (nSPS) is 14.8. The van der Waals surface area contributed by atoms with E-state index < -0.39 is 0 Å². The lowest BCUT2D eigenvalue weighted by molar-refractivity contribution is 0.751. The van der Waals surface area contributed by atoms with E-state index in [9.17, 15) is 4.79 Å². The molecule has 18 heavy (non-hydrogen) atoms. The summed E-state index contributed by atoms with van der Waals surface area (Å²) < 4.78 is 2.15. The Balaban J connectivity index is 2.17. The van der Waals surface area contributed by atoms with Crippen molar-refractivity contribution in [3.63, 3.8) is 0 Å². The topological polar surface area (TPSA) is 34.9 Å². The van der Waals surface area contributed by atoms with E-state index in [0.717, 1.165) is 24.2 Å². The minimum Gasteiger partial charge on any atom is -0.287 e. The molecule has 0 radical (unpaired) electrons. The molecule has 0 saturated heterocycles. The maximum atomic E-state index is 11.7. The van der Waals surface area contributed by atoms with Gasteiger partial charge >= 0.3 is 0 Å². The quantitative estimate of drug-likeness (QED) is 0.846. The molecule has 1 aromatic heterocycles. The van der Waals surface area contributed by atoms with Crippen LogP contribution in [0.1, 0.15) is 24.5 Å². The molecule has 0 bridgehead atoms. The number of hydrogen-bond donors (Lipinski definition) is 0. The Bertz CT molecular complexity index is 647. The highest BCUT2D eigenvalue weighted by Gasteiger charge is 2.28. The Labute approximate surface area is 118 Å². The van der Waals surface area contributed by atoms with Crippen LogP contribution in [0.2, 0.25) is 5.02 Å². The first-order valence-electron chi connectivity index (χ1n) is 5.71. The Morgan fingerprint density at radius 1 is 1.28 bits per heavy atom. The average Bonchev–Trinajstić information content (AvgIpc) is 3.17. The van der Waals surface area contributed by atoms with E-state index in [1.54, 1.807) is 6.07 Å². The molecule has 0 aliphatic heterocycles. The summed E-state index contributed by atoms with van der Waals surface area (Å²) in [5, 5.41) is 5.00.